The Balaban J connectivity index is 1.40. The van der Waals surface area contributed by atoms with Crippen LogP contribution < -0.4 is 15.0 Å². The molecule has 0 fully saturated rings. The lowest BCUT2D eigenvalue weighted by Gasteiger charge is -2.28. The molecule has 2 heterocycles. The van der Waals surface area contributed by atoms with Gasteiger partial charge in [-0.2, -0.15) is 0 Å². The Kier molecular flexibility index (Phi) is 4.97. The van der Waals surface area contributed by atoms with Crippen LogP contribution in [0.25, 0.3) is 0 Å². The summed E-state index contributed by atoms with van der Waals surface area (Å²) in [6.45, 7) is 3.11. The van der Waals surface area contributed by atoms with Gasteiger partial charge in [0.1, 0.15) is 23.7 Å². The molecule has 7 nitrogen and oxygen atoms in total. The Labute approximate surface area is 163 Å². The summed E-state index contributed by atoms with van der Waals surface area (Å²) in [6.07, 6.45) is 2.25. The number of rotatable bonds is 5. The smallest absolute Gasteiger partial charge is 0.255 e. The molecule has 1 aliphatic heterocycles. The van der Waals surface area contributed by atoms with E-state index in [-0.39, 0.29) is 12.5 Å². The zero-order valence-corrected chi connectivity index (χ0v) is 15.9. The van der Waals surface area contributed by atoms with Crippen molar-refractivity contribution in [2.45, 2.75) is 26.4 Å². The molecule has 1 aromatic heterocycles. The Morgan fingerprint density at radius 2 is 2.04 bits per heavy atom. The Hall–Kier alpha value is -3.35. The molecule has 1 amide bonds. The first-order valence-corrected chi connectivity index (χ1v) is 9.26. The molecular weight excluding hydrogens is 356 g/mol. The molecule has 0 aliphatic carbocycles. The molecule has 0 spiro atoms. The quantitative estimate of drug-likeness (QED) is 0.731. The molecule has 0 bridgehead atoms. The minimum absolute atomic E-state index is 0.151. The number of carbonyl (C=O) groups excluding carboxylic acids is 1. The van der Waals surface area contributed by atoms with E-state index in [1.54, 1.807) is 31.2 Å². The maximum Gasteiger partial charge on any atom is 0.255 e. The summed E-state index contributed by atoms with van der Waals surface area (Å²) in [5.74, 6) is 0.496. The molecular formula is C21H22N4O3. The Morgan fingerprint density at radius 3 is 2.79 bits per heavy atom. The van der Waals surface area contributed by atoms with Gasteiger partial charge in [0.25, 0.3) is 5.91 Å². The van der Waals surface area contributed by atoms with Gasteiger partial charge in [0.15, 0.2) is 0 Å². The third-order valence-corrected chi connectivity index (χ3v) is 4.93. The first-order chi connectivity index (χ1) is 13.6. The molecule has 4 rings (SSSR count). The van der Waals surface area contributed by atoms with Gasteiger partial charge in [0.2, 0.25) is 0 Å². The van der Waals surface area contributed by atoms with Crippen molar-refractivity contribution in [1.82, 2.24) is 10.3 Å². The number of nitrogens with zero attached hydrogens (tertiary/aromatic N) is 3. The highest BCUT2D eigenvalue weighted by Gasteiger charge is 2.15. The fraction of sp³-hybridized carbons (Fsp3) is 0.286. The number of aromatic nitrogens is 2. The van der Waals surface area contributed by atoms with Crippen LogP contribution in [-0.4, -0.2) is 29.8 Å². The van der Waals surface area contributed by atoms with Gasteiger partial charge in [-0.3, -0.25) is 4.79 Å². The molecule has 28 heavy (non-hydrogen) atoms. The standard InChI is InChI=1S/C21H22N4O3/c1-14-19(24-28-23-14)13-27-18-9-6-16(7-10-18)21(26)22-17-8-5-15-4-3-11-25(2)20(15)12-17/h5-10,12H,3-4,11,13H2,1-2H3,(H,22,26). The van der Waals surface area contributed by atoms with E-state index in [4.69, 9.17) is 4.74 Å². The highest BCUT2D eigenvalue weighted by Crippen LogP contribution is 2.29. The number of amides is 1. The number of anilines is 2. The first-order valence-electron chi connectivity index (χ1n) is 9.26. The van der Waals surface area contributed by atoms with Crippen LogP contribution in [0.2, 0.25) is 0 Å². The summed E-state index contributed by atoms with van der Waals surface area (Å²) >= 11 is 0. The largest absolute Gasteiger partial charge is 0.487 e. The Bertz CT molecular complexity index is 982. The van der Waals surface area contributed by atoms with Crippen LogP contribution in [0.1, 0.15) is 33.7 Å². The SMILES string of the molecule is Cc1nonc1COc1ccc(C(=O)Nc2ccc3c(c2)N(C)CCC3)cc1. The van der Waals surface area contributed by atoms with Gasteiger partial charge in [-0.1, -0.05) is 16.4 Å². The van der Waals surface area contributed by atoms with Gasteiger partial charge in [0.05, 0.1) is 0 Å². The lowest BCUT2D eigenvalue weighted by atomic mass is 10.0. The number of hydrogen-bond acceptors (Lipinski definition) is 6. The van der Waals surface area contributed by atoms with Gasteiger partial charge >= 0.3 is 0 Å². The zero-order valence-electron chi connectivity index (χ0n) is 15.9. The number of nitrogens with one attached hydrogen (secondary N) is 1. The average molecular weight is 378 g/mol. The van der Waals surface area contributed by atoms with Crippen LogP contribution in [0.15, 0.2) is 47.1 Å². The third kappa shape index (κ3) is 3.83. The number of carbonyl (C=O) groups is 1. The molecule has 0 radical (unpaired) electrons. The van der Waals surface area contributed by atoms with Crippen LogP contribution in [0.4, 0.5) is 11.4 Å². The minimum atomic E-state index is -0.151. The normalized spacial score (nSPS) is 13.1. The molecule has 144 valence electrons. The van der Waals surface area contributed by atoms with Crippen molar-refractivity contribution in [3.8, 4) is 5.75 Å². The summed E-state index contributed by atoms with van der Waals surface area (Å²) in [5, 5.41) is 10.5. The molecule has 2 aromatic carbocycles. The third-order valence-electron chi connectivity index (χ3n) is 4.93. The molecule has 7 heteroatoms. The van der Waals surface area contributed by atoms with Crippen LogP contribution in [-0.2, 0) is 13.0 Å². The van der Waals surface area contributed by atoms with Crippen molar-refractivity contribution in [1.29, 1.82) is 0 Å². The number of ether oxygens (including phenoxy) is 1. The van der Waals surface area contributed by atoms with Crippen molar-refractivity contribution in [2.75, 3.05) is 23.8 Å². The van der Waals surface area contributed by atoms with E-state index in [1.165, 1.54) is 11.3 Å². The van der Waals surface area contributed by atoms with E-state index >= 15 is 0 Å². The maximum atomic E-state index is 12.6. The molecule has 1 aliphatic rings. The average Bonchev–Trinajstić information content (AvgIpc) is 3.12. The van der Waals surface area contributed by atoms with Crippen LogP contribution in [0.3, 0.4) is 0 Å². The van der Waals surface area contributed by atoms with Crippen molar-refractivity contribution in [3.63, 3.8) is 0 Å². The van der Waals surface area contributed by atoms with Crippen molar-refractivity contribution < 1.29 is 14.2 Å². The lowest BCUT2D eigenvalue weighted by Crippen LogP contribution is -2.24. The summed E-state index contributed by atoms with van der Waals surface area (Å²) < 4.78 is 10.3. The maximum absolute atomic E-state index is 12.6. The highest BCUT2D eigenvalue weighted by atomic mass is 16.6. The van der Waals surface area contributed by atoms with E-state index in [1.807, 2.05) is 12.1 Å². The fourth-order valence-corrected chi connectivity index (χ4v) is 3.27. The van der Waals surface area contributed by atoms with Crippen molar-refractivity contribution >= 4 is 17.3 Å². The monoisotopic (exact) mass is 378 g/mol. The van der Waals surface area contributed by atoms with E-state index in [0.29, 0.717) is 22.7 Å². The fourth-order valence-electron chi connectivity index (χ4n) is 3.27. The van der Waals surface area contributed by atoms with Crippen LogP contribution >= 0.6 is 0 Å². The van der Waals surface area contributed by atoms with Gasteiger partial charge < -0.3 is 15.0 Å². The number of aryl methyl sites for hydroxylation is 2. The van der Waals surface area contributed by atoms with Crippen molar-refractivity contribution in [3.05, 3.63) is 65.0 Å². The second-order valence-corrected chi connectivity index (χ2v) is 6.93. The van der Waals surface area contributed by atoms with Crippen molar-refractivity contribution in [2.24, 2.45) is 0 Å². The number of fused-ring (bicyclic) bond motifs is 1. The molecule has 0 unspecified atom stereocenters. The predicted octanol–water partition coefficient (Wildman–Crippen LogP) is 3.59. The Morgan fingerprint density at radius 1 is 1.21 bits per heavy atom. The van der Waals surface area contributed by atoms with Crippen LogP contribution in [0, 0.1) is 6.92 Å². The molecule has 0 saturated heterocycles. The second kappa shape index (κ2) is 7.72. The summed E-state index contributed by atoms with van der Waals surface area (Å²) in [5.41, 5.74) is 5.23. The van der Waals surface area contributed by atoms with E-state index in [9.17, 15) is 4.79 Å². The summed E-state index contributed by atoms with van der Waals surface area (Å²) in [7, 11) is 2.08. The number of benzene rings is 2. The van der Waals surface area contributed by atoms with E-state index < -0.39 is 0 Å². The van der Waals surface area contributed by atoms with E-state index in [0.717, 1.165) is 25.1 Å². The van der Waals surface area contributed by atoms with E-state index in [2.05, 4.69) is 38.3 Å². The molecule has 0 atom stereocenters. The van der Waals surface area contributed by atoms with Gasteiger partial charge in [-0.05, 0) is 61.7 Å². The molecule has 0 saturated carbocycles. The molecule has 3 aromatic rings. The number of hydrogen-bond donors (Lipinski definition) is 1. The second-order valence-electron chi connectivity index (χ2n) is 6.93. The lowest BCUT2D eigenvalue weighted by molar-refractivity contribution is 0.102. The topological polar surface area (TPSA) is 80.5 Å². The first kappa shape index (κ1) is 18.0. The van der Waals surface area contributed by atoms with Gasteiger partial charge in [-0.15, -0.1) is 0 Å². The summed E-state index contributed by atoms with van der Waals surface area (Å²) in [4.78, 5) is 14.8. The summed E-state index contributed by atoms with van der Waals surface area (Å²) in [6, 6.07) is 13.1. The zero-order chi connectivity index (χ0) is 19.5. The van der Waals surface area contributed by atoms with Gasteiger partial charge in [-0.25, -0.2) is 4.63 Å². The van der Waals surface area contributed by atoms with Crippen LogP contribution in [0.5, 0.6) is 5.75 Å². The molecule has 1 N–H and O–H groups in total. The predicted molar refractivity (Wildman–Crippen MR) is 106 cm³/mol. The highest BCUT2D eigenvalue weighted by molar-refractivity contribution is 6.04. The van der Waals surface area contributed by atoms with Gasteiger partial charge in [0, 0.05) is 30.5 Å². The minimum Gasteiger partial charge on any atom is -0.487 e.